The van der Waals surface area contributed by atoms with Crippen LogP contribution in [-0.4, -0.2) is 39.8 Å². The second-order valence-electron chi connectivity index (χ2n) is 5.10. The molecule has 0 spiro atoms. The third-order valence-corrected chi connectivity index (χ3v) is 4.98. The van der Waals surface area contributed by atoms with Gasteiger partial charge in [0.1, 0.15) is 10.1 Å². The molecule has 2 aliphatic rings. The molecule has 0 unspecified atom stereocenters. The average Bonchev–Trinajstić information content (AvgIpc) is 3.06. The van der Waals surface area contributed by atoms with Gasteiger partial charge in [-0.05, 0) is 38.1 Å². The summed E-state index contributed by atoms with van der Waals surface area (Å²) in [5, 5.41) is 0. The minimum atomic E-state index is -0.331. The fraction of sp³-hybridized carbons (Fsp3) is 0.333. The van der Waals surface area contributed by atoms with Crippen LogP contribution in [-0.2, 0) is 4.79 Å². The normalized spacial score (nSPS) is 21.8. The molecule has 110 valence electrons. The van der Waals surface area contributed by atoms with E-state index in [2.05, 4.69) is 4.90 Å². The summed E-state index contributed by atoms with van der Waals surface area (Å²) in [6.07, 6.45) is 3.92. The van der Waals surface area contributed by atoms with Gasteiger partial charge in [-0.1, -0.05) is 42.2 Å². The maximum atomic E-state index is 13.7. The molecule has 0 aliphatic carbocycles. The number of hydrogen-bond donors (Lipinski definition) is 0. The van der Waals surface area contributed by atoms with E-state index >= 15 is 0 Å². The van der Waals surface area contributed by atoms with E-state index in [9.17, 15) is 9.18 Å². The number of rotatable bonds is 3. The van der Waals surface area contributed by atoms with Gasteiger partial charge in [0, 0.05) is 5.56 Å². The zero-order valence-corrected chi connectivity index (χ0v) is 13.1. The van der Waals surface area contributed by atoms with Gasteiger partial charge in [-0.15, -0.1) is 0 Å². The molecular formula is C15H15FN2OS2. The highest BCUT2D eigenvalue weighted by molar-refractivity contribution is 8.26. The molecule has 0 saturated carbocycles. The molecule has 0 aromatic heterocycles. The van der Waals surface area contributed by atoms with Crippen molar-refractivity contribution in [2.45, 2.75) is 12.8 Å². The summed E-state index contributed by atoms with van der Waals surface area (Å²) < 4.78 is 14.2. The van der Waals surface area contributed by atoms with Crippen LogP contribution in [0.25, 0.3) is 6.08 Å². The molecule has 3 nitrogen and oxygen atoms in total. The van der Waals surface area contributed by atoms with Crippen LogP contribution in [0.3, 0.4) is 0 Å². The van der Waals surface area contributed by atoms with E-state index in [1.165, 1.54) is 30.7 Å². The Labute approximate surface area is 132 Å². The third kappa shape index (κ3) is 3.17. The molecule has 0 radical (unpaired) electrons. The molecule has 1 amide bonds. The van der Waals surface area contributed by atoms with Gasteiger partial charge in [-0.25, -0.2) is 4.39 Å². The van der Waals surface area contributed by atoms with Crippen molar-refractivity contribution in [2.75, 3.05) is 19.8 Å². The van der Waals surface area contributed by atoms with Crippen molar-refractivity contribution in [3.63, 3.8) is 0 Å². The molecule has 0 N–H and O–H groups in total. The van der Waals surface area contributed by atoms with Crippen molar-refractivity contribution < 1.29 is 9.18 Å². The molecule has 2 heterocycles. The number of hydrogen-bond acceptors (Lipinski definition) is 4. The van der Waals surface area contributed by atoms with Crippen LogP contribution >= 0.6 is 24.0 Å². The molecule has 1 aromatic carbocycles. The minimum absolute atomic E-state index is 0.125. The SMILES string of the molecule is O=C1C(=Cc2ccccc2F)SC(=S)N1CN1CCCC1. The van der Waals surface area contributed by atoms with E-state index in [1.54, 1.807) is 29.2 Å². The zero-order valence-electron chi connectivity index (χ0n) is 11.4. The van der Waals surface area contributed by atoms with E-state index in [0.717, 1.165) is 13.1 Å². The van der Waals surface area contributed by atoms with Gasteiger partial charge >= 0.3 is 0 Å². The Morgan fingerprint density at radius 2 is 2.00 bits per heavy atom. The van der Waals surface area contributed by atoms with Crippen molar-refractivity contribution in [1.82, 2.24) is 9.80 Å². The van der Waals surface area contributed by atoms with E-state index in [-0.39, 0.29) is 11.7 Å². The summed E-state index contributed by atoms with van der Waals surface area (Å²) in [6.45, 7) is 2.55. The van der Waals surface area contributed by atoms with Crippen LogP contribution in [0.2, 0.25) is 0 Å². The lowest BCUT2D eigenvalue weighted by Gasteiger charge is -2.22. The summed E-state index contributed by atoms with van der Waals surface area (Å²) in [7, 11) is 0. The molecule has 6 heteroatoms. The molecule has 0 atom stereocenters. The first kappa shape index (κ1) is 14.7. The molecule has 1 aromatic rings. The Balaban J connectivity index is 1.78. The highest BCUT2D eigenvalue weighted by Crippen LogP contribution is 2.33. The predicted octanol–water partition coefficient (Wildman–Crippen LogP) is 3.08. The number of nitrogens with zero attached hydrogens (tertiary/aromatic N) is 2. The fourth-order valence-electron chi connectivity index (χ4n) is 2.48. The summed E-state index contributed by atoms with van der Waals surface area (Å²) in [4.78, 5) is 16.7. The van der Waals surface area contributed by atoms with Crippen molar-refractivity contribution in [1.29, 1.82) is 0 Å². The van der Waals surface area contributed by atoms with Crippen molar-refractivity contribution in [3.8, 4) is 0 Å². The van der Waals surface area contributed by atoms with Crippen molar-refractivity contribution >= 4 is 40.3 Å². The van der Waals surface area contributed by atoms with Gasteiger partial charge in [0.2, 0.25) is 0 Å². The molecule has 2 aliphatic heterocycles. The van der Waals surface area contributed by atoms with Crippen LogP contribution in [0.1, 0.15) is 18.4 Å². The van der Waals surface area contributed by atoms with Gasteiger partial charge < -0.3 is 0 Å². The second-order valence-corrected chi connectivity index (χ2v) is 6.77. The number of carbonyl (C=O) groups excluding carboxylic acids is 1. The fourth-order valence-corrected chi connectivity index (χ4v) is 3.71. The molecule has 0 bridgehead atoms. The number of halogens is 1. The van der Waals surface area contributed by atoms with E-state index in [0.29, 0.717) is 21.5 Å². The number of carbonyl (C=O) groups is 1. The molecule has 3 rings (SSSR count). The first-order chi connectivity index (χ1) is 10.1. The molecule has 21 heavy (non-hydrogen) atoms. The van der Waals surface area contributed by atoms with Crippen molar-refractivity contribution in [3.05, 3.63) is 40.6 Å². The van der Waals surface area contributed by atoms with Crippen LogP contribution in [0, 0.1) is 5.82 Å². The molecular weight excluding hydrogens is 307 g/mol. The first-order valence-corrected chi connectivity index (χ1v) is 8.10. The lowest BCUT2D eigenvalue weighted by molar-refractivity contribution is -0.123. The van der Waals surface area contributed by atoms with E-state index in [1.807, 2.05) is 0 Å². The quantitative estimate of drug-likeness (QED) is 0.630. The monoisotopic (exact) mass is 322 g/mol. The Bertz CT molecular complexity index is 611. The Morgan fingerprint density at radius 3 is 2.71 bits per heavy atom. The number of thiocarbonyl (C=S) groups is 1. The topological polar surface area (TPSA) is 23.6 Å². The molecule has 2 saturated heterocycles. The van der Waals surface area contributed by atoms with E-state index in [4.69, 9.17) is 12.2 Å². The predicted molar refractivity (Wildman–Crippen MR) is 87.1 cm³/mol. The van der Waals surface area contributed by atoms with Gasteiger partial charge in [0.05, 0.1) is 11.6 Å². The molecule has 2 fully saturated rings. The standard InChI is InChI=1S/C15H15FN2OS2/c16-12-6-2-1-5-11(12)9-13-14(19)18(15(20)21-13)10-17-7-3-4-8-17/h1-2,5-6,9H,3-4,7-8,10H2. The van der Waals surface area contributed by atoms with Crippen molar-refractivity contribution in [2.24, 2.45) is 0 Å². The number of thioether (sulfide) groups is 1. The summed E-state index contributed by atoms with van der Waals surface area (Å²) in [5.41, 5.74) is 0.416. The number of amides is 1. The first-order valence-electron chi connectivity index (χ1n) is 6.87. The lowest BCUT2D eigenvalue weighted by atomic mass is 10.2. The van der Waals surface area contributed by atoms with Gasteiger partial charge in [0.25, 0.3) is 5.91 Å². The second kappa shape index (κ2) is 6.25. The van der Waals surface area contributed by atoms with Crippen LogP contribution in [0.5, 0.6) is 0 Å². The Morgan fingerprint density at radius 1 is 1.29 bits per heavy atom. The Hall–Kier alpha value is -1.24. The maximum Gasteiger partial charge on any atom is 0.267 e. The number of likely N-dealkylation sites (tertiary alicyclic amines) is 1. The maximum absolute atomic E-state index is 13.7. The number of benzene rings is 1. The van der Waals surface area contributed by atoms with Gasteiger partial charge in [-0.2, -0.15) is 0 Å². The van der Waals surface area contributed by atoms with Gasteiger partial charge in [0.15, 0.2) is 0 Å². The Kier molecular flexibility index (Phi) is 4.37. The summed E-state index contributed by atoms with van der Waals surface area (Å²) >= 11 is 6.53. The highest BCUT2D eigenvalue weighted by Gasteiger charge is 2.33. The largest absolute Gasteiger partial charge is 0.286 e. The minimum Gasteiger partial charge on any atom is -0.286 e. The van der Waals surface area contributed by atoms with Crippen LogP contribution < -0.4 is 0 Å². The summed E-state index contributed by atoms with van der Waals surface area (Å²) in [5.74, 6) is -0.456. The average molecular weight is 322 g/mol. The summed E-state index contributed by atoms with van der Waals surface area (Å²) in [6, 6.07) is 6.42. The van der Waals surface area contributed by atoms with Gasteiger partial charge in [-0.3, -0.25) is 14.6 Å². The highest BCUT2D eigenvalue weighted by atomic mass is 32.2. The third-order valence-electron chi connectivity index (χ3n) is 3.61. The smallest absolute Gasteiger partial charge is 0.267 e. The van der Waals surface area contributed by atoms with Crippen LogP contribution in [0.4, 0.5) is 4.39 Å². The van der Waals surface area contributed by atoms with E-state index < -0.39 is 0 Å². The zero-order chi connectivity index (χ0) is 14.8. The lowest BCUT2D eigenvalue weighted by Crippen LogP contribution is -2.38. The van der Waals surface area contributed by atoms with Crippen LogP contribution in [0.15, 0.2) is 29.2 Å².